The summed E-state index contributed by atoms with van der Waals surface area (Å²) in [6, 6.07) is 7.78. The van der Waals surface area contributed by atoms with E-state index in [4.69, 9.17) is 4.42 Å². The number of hydrogen-bond acceptors (Lipinski definition) is 4. The second kappa shape index (κ2) is 3.82. The maximum absolute atomic E-state index is 9.24. The quantitative estimate of drug-likeness (QED) is 0.813. The fraction of sp³-hybridized carbons (Fsp3) is 0.273. The Morgan fingerprint density at radius 3 is 2.73 bits per heavy atom. The lowest BCUT2D eigenvalue weighted by Crippen LogP contribution is -1.89. The molecule has 1 aromatic carbocycles. The van der Waals surface area contributed by atoms with Crippen LogP contribution in [0.1, 0.15) is 24.5 Å². The van der Waals surface area contributed by atoms with Crippen LogP contribution in [-0.4, -0.2) is 15.3 Å². The molecule has 0 aliphatic carbocycles. The number of aliphatic hydroxyl groups is 1. The normalized spacial score (nSPS) is 12.7. The Hall–Kier alpha value is -1.68. The maximum Gasteiger partial charge on any atom is 0.247 e. The number of aryl methyl sites for hydroxylation is 1. The lowest BCUT2D eigenvalue weighted by atomic mass is 10.1. The van der Waals surface area contributed by atoms with Crippen LogP contribution in [0, 0.1) is 6.92 Å². The lowest BCUT2D eigenvalue weighted by molar-refractivity contribution is 0.163. The van der Waals surface area contributed by atoms with E-state index in [1.54, 1.807) is 6.92 Å². The van der Waals surface area contributed by atoms with Crippen LogP contribution in [0.15, 0.2) is 28.7 Å². The van der Waals surface area contributed by atoms with Gasteiger partial charge in [0.15, 0.2) is 0 Å². The molecule has 1 N–H and O–H groups in total. The number of benzene rings is 1. The molecule has 0 spiro atoms. The van der Waals surface area contributed by atoms with Crippen molar-refractivity contribution in [3.8, 4) is 11.5 Å². The fourth-order valence-electron chi connectivity index (χ4n) is 1.30. The van der Waals surface area contributed by atoms with Gasteiger partial charge < -0.3 is 9.52 Å². The van der Waals surface area contributed by atoms with Gasteiger partial charge in [-0.15, -0.1) is 10.2 Å². The van der Waals surface area contributed by atoms with Crippen LogP contribution >= 0.6 is 0 Å². The number of rotatable bonds is 2. The average Bonchev–Trinajstić information content (AvgIpc) is 2.66. The first-order chi connectivity index (χ1) is 7.16. The molecule has 4 heteroatoms. The van der Waals surface area contributed by atoms with Crippen LogP contribution in [0.3, 0.4) is 0 Å². The summed E-state index contributed by atoms with van der Waals surface area (Å²) in [6.07, 6.45) is -0.726. The molecule has 0 aliphatic heterocycles. The largest absolute Gasteiger partial charge is 0.418 e. The summed E-state index contributed by atoms with van der Waals surface area (Å²) in [5.41, 5.74) is 2.00. The highest BCUT2D eigenvalue weighted by molar-refractivity contribution is 5.53. The predicted octanol–water partition coefficient (Wildman–Crippen LogP) is 2.10. The Bertz CT molecular complexity index is 463. The van der Waals surface area contributed by atoms with Crippen molar-refractivity contribution in [1.82, 2.24) is 10.2 Å². The molecule has 0 saturated heterocycles. The zero-order valence-electron chi connectivity index (χ0n) is 8.64. The maximum atomic E-state index is 9.24. The Kier molecular flexibility index (Phi) is 2.51. The van der Waals surface area contributed by atoms with Crippen molar-refractivity contribution in [1.29, 1.82) is 0 Å². The molecule has 78 valence electrons. The molecule has 2 rings (SSSR count). The van der Waals surface area contributed by atoms with Crippen LogP contribution in [-0.2, 0) is 0 Å². The molecule has 0 fully saturated rings. The van der Waals surface area contributed by atoms with Gasteiger partial charge in [-0.05, 0) is 26.0 Å². The van der Waals surface area contributed by atoms with Crippen LogP contribution < -0.4 is 0 Å². The van der Waals surface area contributed by atoms with E-state index in [1.807, 2.05) is 31.2 Å². The van der Waals surface area contributed by atoms with Gasteiger partial charge in [0.25, 0.3) is 0 Å². The summed E-state index contributed by atoms with van der Waals surface area (Å²) in [6.45, 7) is 3.59. The first-order valence-corrected chi connectivity index (χ1v) is 4.75. The molecule has 1 aromatic heterocycles. The Labute approximate surface area is 87.6 Å². The molecule has 2 aromatic rings. The van der Waals surface area contributed by atoms with E-state index in [0.717, 1.165) is 11.1 Å². The highest BCUT2D eigenvalue weighted by Gasteiger charge is 2.11. The fourth-order valence-corrected chi connectivity index (χ4v) is 1.30. The van der Waals surface area contributed by atoms with Crippen molar-refractivity contribution >= 4 is 0 Å². The third kappa shape index (κ3) is 2.05. The summed E-state index contributed by atoms with van der Waals surface area (Å²) in [4.78, 5) is 0. The SMILES string of the molecule is Cc1cccc(-c2nnc(C(C)O)o2)c1. The first-order valence-electron chi connectivity index (χ1n) is 4.75. The van der Waals surface area contributed by atoms with Crippen molar-refractivity contribution in [2.45, 2.75) is 20.0 Å². The summed E-state index contributed by atoms with van der Waals surface area (Å²) >= 11 is 0. The van der Waals surface area contributed by atoms with E-state index in [1.165, 1.54) is 0 Å². The van der Waals surface area contributed by atoms with Gasteiger partial charge in [0.1, 0.15) is 6.10 Å². The Morgan fingerprint density at radius 1 is 1.33 bits per heavy atom. The molecule has 4 nitrogen and oxygen atoms in total. The van der Waals surface area contributed by atoms with Gasteiger partial charge >= 0.3 is 0 Å². The first kappa shape index (κ1) is 9.86. The minimum absolute atomic E-state index is 0.242. The van der Waals surface area contributed by atoms with E-state index in [9.17, 15) is 5.11 Å². The van der Waals surface area contributed by atoms with E-state index < -0.39 is 6.10 Å². The van der Waals surface area contributed by atoms with Gasteiger partial charge in [-0.1, -0.05) is 17.7 Å². The molecule has 1 unspecified atom stereocenters. The minimum atomic E-state index is -0.726. The van der Waals surface area contributed by atoms with Crippen LogP contribution in [0.2, 0.25) is 0 Å². The Balaban J connectivity index is 2.37. The molecule has 0 amide bonds. The Morgan fingerprint density at radius 2 is 2.13 bits per heavy atom. The number of hydrogen-bond donors (Lipinski definition) is 1. The second-order valence-corrected chi connectivity index (χ2v) is 3.49. The molecule has 15 heavy (non-hydrogen) atoms. The van der Waals surface area contributed by atoms with Crippen molar-refractivity contribution in [2.24, 2.45) is 0 Å². The highest BCUT2D eigenvalue weighted by atomic mass is 16.4. The van der Waals surface area contributed by atoms with Crippen molar-refractivity contribution in [3.63, 3.8) is 0 Å². The van der Waals surface area contributed by atoms with Gasteiger partial charge in [-0.2, -0.15) is 0 Å². The van der Waals surface area contributed by atoms with Gasteiger partial charge in [0.2, 0.25) is 11.8 Å². The van der Waals surface area contributed by atoms with Gasteiger partial charge in [0.05, 0.1) is 0 Å². The van der Waals surface area contributed by atoms with Gasteiger partial charge in [-0.3, -0.25) is 0 Å². The minimum Gasteiger partial charge on any atom is -0.418 e. The molecule has 1 heterocycles. The topological polar surface area (TPSA) is 59.2 Å². The highest BCUT2D eigenvalue weighted by Crippen LogP contribution is 2.20. The number of nitrogens with zero attached hydrogens (tertiary/aromatic N) is 2. The second-order valence-electron chi connectivity index (χ2n) is 3.49. The van der Waals surface area contributed by atoms with Crippen LogP contribution in [0.5, 0.6) is 0 Å². The number of aliphatic hydroxyl groups excluding tert-OH is 1. The third-order valence-electron chi connectivity index (χ3n) is 2.06. The van der Waals surface area contributed by atoms with E-state index in [2.05, 4.69) is 10.2 Å². The molecule has 0 aliphatic rings. The zero-order chi connectivity index (χ0) is 10.8. The molecule has 0 radical (unpaired) electrons. The summed E-state index contributed by atoms with van der Waals surface area (Å²) in [7, 11) is 0. The number of aromatic nitrogens is 2. The van der Waals surface area contributed by atoms with Crippen molar-refractivity contribution in [2.75, 3.05) is 0 Å². The van der Waals surface area contributed by atoms with E-state index in [0.29, 0.717) is 5.89 Å². The molecule has 1 atom stereocenters. The van der Waals surface area contributed by atoms with Gasteiger partial charge in [0, 0.05) is 5.56 Å². The van der Waals surface area contributed by atoms with Crippen LogP contribution in [0.25, 0.3) is 11.5 Å². The van der Waals surface area contributed by atoms with Crippen LogP contribution in [0.4, 0.5) is 0 Å². The third-order valence-corrected chi connectivity index (χ3v) is 2.06. The molecule has 0 saturated carbocycles. The van der Waals surface area contributed by atoms with Crippen molar-refractivity contribution < 1.29 is 9.52 Å². The molecular weight excluding hydrogens is 192 g/mol. The standard InChI is InChI=1S/C11H12N2O2/c1-7-4-3-5-9(6-7)11-13-12-10(15-11)8(2)14/h3-6,8,14H,1-2H3. The summed E-state index contributed by atoms with van der Waals surface area (Å²) < 4.78 is 5.31. The van der Waals surface area contributed by atoms with E-state index in [-0.39, 0.29) is 5.89 Å². The van der Waals surface area contributed by atoms with Crippen molar-refractivity contribution in [3.05, 3.63) is 35.7 Å². The average molecular weight is 204 g/mol. The summed E-state index contributed by atoms with van der Waals surface area (Å²) in [5.74, 6) is 0.682. The van der Waals surface area contributed by atoms with E-state index >= 15 is 0 Å². The zero-order valence-corrected chi connectivity index (χ0v) is 8.64. The molecular formula is C11H12N2O2. The van der Waals surface area contributed by atoms with Gasteiger partial charge in [-0.25, -0.2) is 0 Å². The predicted molar refractivity (Wildman–Crippen MR) is 55.1 cm³/mol. The lowest BCUT2D eigenvalue weighted by Gasteiger charge is -1.97. The molecule has 0 bridgehead atoms. The smallest absolute Gasteiger partial charge is 0.247 e. The summed E-state index contributed by atoms with van der Waals surface area (Å²) in [5, 5.41) is 16.9. The monoisotopic (exact) mass is 204 g/mol.